The summed E-state index contributed by atoms with van der Waals surface area (Å²) in [5.41, 5.74) is 2.01. The summed E-state index contributed by atoms with van der Waals surface area (Å²) in [6, 6.07) is 27.5. The van der Waals surface area contributed by atoms with Gasteiger partial charge in [0.1, 0.15) is 6.04 Å². The summed E-state index contributed by atoms with van der Waals surface area (Å²) in [5.74, 6) is -0.462. The van der Waals surface area contributed by atoms with Crippen LogP contribution in [0.5, 0.6) is 0 Å². The maximum Gasteiger partial charge on any atom is 0.255 e. The average molecular weight is 473 g/mol. The van der Waals surface area contributed by atoms with E-state index in [-0.39, 0.29) is 17.9 Å². The Balaban J connectivity index is 2.02. The van der Waals surface area contributed by atoms with Gasteiger partial charge in [-0.05, 0) is 57.9 Å². The fourth-order valence-electron chi connectivity index (χ4n) is 4.07. The number of amides is 2. The molecular formula is C30H36N2O3. The van der Waals surface area contributed by atoms with Crippen molar-refractivity contribution < 1.29 is 14.3 Å². The van der Waals surface area contributed by atoms with Gasteiger partial charge in [0.2, 0.25) is 5.91 Å². The second-order valence-electron chi connectivity index (χ2n) is 9.85. The quantitative estimate of drug-likeness (QED) is 0.430. The van der Waals surface area contributed by atoms with Crippen LogP contribution in [-0.2, 0) is 16.1 Å². The number of hydrogen-bond donors (Lipinski definition) is 1. The summed E-state index contributed by atoms with van der Waals surface area (Å²) in [7, 11) is 0. The highest BCUT2D eigenvalue weighted by molar-refractivity contribution is 5.98. The standard InChI is InChI=1S/C30H36N2O3/c1-22(25-17-11-7-12-18-25)32(29(34)26-19-13-8-14-20-26)27(28(33)31-30(3,4)5)23(2)35-21-24-15-9-6-10-16-24/h6-20,22-23,27H,21H2,1-5H3,(H,31,33)/t22-,23-,27+/m1/s1. The lowest BCUT2D eigenvalue weighted by atomic mass is 9.98. The largest absolute Gasteiger partial charge is 0.371 e. The lowest BCUT2D eigenvalue weighted by molar-refractivity contribution is -0.134. The molecule has 0 aliphatic carbocycles. The van der Waals surface area contributed by atoms with E-state index in [9.17, 15) is 9.59 Å². The van der Waals surface area contributed by atoms with Crippen LogP contribution in [0.1, 0.15) is 62.1 Å². The van der Waals surface area contributed by atoms with Crippen LogP contribution >= 0.6 is 0 Å². The smallest absolute Gasteiger partial charge is 0.255 e. The maximum absolute atomic E-state index is 13.9. The third kappa shape index (κ3) is 7.27. The lowest BCUT2D eigenvalue weighted by Crippen LogP contribution is -2.58. The molecule has 5 heteroatoms. The fraction of sp³-hybridized carbons (Fsp3) is 0.333. The van der Waals surface area contributed by atoms with Crippen molar-refractivity contribution in [2.75, 3.05) is 0 Å². The van der Waals surface area contributed by atoms with E-state index in [0.717, 1.165) is 11.1 Å². The van der Waals surface area contributed by atoms with Gasteiger partial charge in [-0.2, -0.15) is 0 Å². The van der Waals surface area contributed by atoms with E-state index in [1.807, 2.05) is 113 Å². The molecule has 3 aromatic carbocycles. The molecule has 1 N–H and O–H groups in total. The number of nitrogens with one attached hydrogen (secondary N) is 1. The highest BCUT2D eigenvalue weighted by Gasteiger charge is 2.39. The molecule has 184 valence electrons. The second kappa shape index (κ2) is 11.8. The van der Waals surface area contributed by atoms with Crippen LogP contribution in [0.15, 0.2) is 91.0 Å². The van der Waals surface area contributed by atoms with Gasteiger partial charge >= 0.3 is 0 Å². The molecule has 0 spiro atoms. The van der Waals surface area contributed by atoms with E-state index in [4.69, 9.17) is 4.74 Å². The molecule has 0 aromatic heterocycles. The van der Waals surface area contributed by atoms with Gasteiger partial charge in [0.15, 0.2) is 0 Å². The summed E-state index contributed by atoms with van der Waals surface area (Å²) in [4.78, 5) is 29.3. The van der Waals surface area contributed by atoms with Crippen LogP contribution in [0.3, 0.4) is 0 Å². The Kier molecular flexibility index (Phi) is 8.83. The highest BCUT2D eigenvalue weighted by atomic mass is 16.5. The summed E-state index contributed by atoms with van der Waals surface area (Å²) >= 11 is 0. The topological polar surface area (TPSA) is 58.6 Å². The second-order valence-corrected chi connectivity index (χ2v) is 9.85. The molecule has 5 nitrogen and oxygen atoms in total. The molecule has 0 fully saturated rings. The molecule has 3 aromatic rings. The van der Waals surface area contributed by atoms with Crippen molar-refractivity contribution in [3.8, 4) is 0 Å². The first-order valence-electron chi connectivity index (χ1n) is 12.1. The molecule has 0 aliphatic rings. The van der Waals surface area contributed by atoms with E-state index in [1.54, 1.807) is 17.0 Å². The normalized spacial score (nSPS) is 14.0. The molecule has 0 bridgehead atoms. The predicted octanol–water partition coefficient (Wildman–Crippen LogP) is 5.78. The van der Waals surface area contributed by atoms with E-state index in [1.165, 1.54) is 0 Å². The zero-order chi connectivity index (χ0) is 25.4. The molecule has 0 unspecified atom stereocenters. The van der Waals surface area contributed by atoms with Crippen molar-refractivity contribution in [1.29, 1.82) is 0 Å². The van der Waals surface area contributed by atoms with Crippen molar-refractivity contribution in [1.82, 2.24) is 10.2 Å². The Bertz CT molecular complexity index is 1080. The van der Waals surface area contributed by atoms with Gasteiger partial charge in [-0.1, -0.05) is 78.9 Å². The molecule has 0 radical (unpaired) electrons. The SMILES string of the molecule is C[C@H](c1ccccc1)N(C(=O)c1ccccc1)[C@H](C(=O)NC(C)(C)C)[C@@H](C)OCc1ccccc1. The summed E-state index contributed by atoms with van der Waals surface area (Å²) in [5, 5.41) is 3.08. The molecule has 35 heavy (non-hydrogen) atoms. The van der Waals surface area contributed by atoms with Crippen LogP contribution < -0.4 is 5.32 Å². The molecule has 3 rings (SSSR count). The van der Waals surface area contributed by atoms with Crippen molar-refractivity contribution in [3.05, 3.63) is 108 Å². The number of nitrogens with zero attached hydrogens (tertiary/aromatic N) is 1. The van der Waals surface area contributed by atoms with Crippen LogP contribution in [0.25, 0.3) is 0 Å². The molecular weight excluding hydrogens is 436 g/mol. The summed E-state index contributed by atoms with van der Waals surface area (Å²) in [6.07, 6.45) is -0.559. The van der Waals surface area contributed by atoms with Crippen LogP contribution in [-0.4, -0.2) is 34.4 Å². The first-order chi connectivity index (χ1) is 16.7. The molecule has 2 amide bonds. The Morgan fingerprint density at radius 3 is 1.89 bits per heavy atom. The van der Waals surface area contributed by atoms with Crippen LogP contribution in [0.4, 0.5) is 0 Å². The minimum Gasteiger partial charge on any atom is -0.371 e. The summed E-state index contributed by atoms with van der Waals surface area (Å²) < 4.78 is 6.22. The van der Waals surface area contributed by atoms with Crippen molar-refractivity contribution in [2.24, 2.45) is 0 Å². The minimum atomic E-state index is -0.846. The van der Waals surface area contributed by atoms with Crippen LogP contribution in [0, 0.1) is 0 Å². The Labute approximate surface area is 209 Å². The van der Waals surface area contributed by atoms with Gasteiger partial charge in [-0.3, -0.25) is 9.59 Å². The van der Waals surface area contributed by atoms with Gasteiger partial charge in [0, 0.05) is 11.1 Å². The molecule has 0 heterocycles. The van der Waals surface area contributed by atoms with Gasteiger partial charge in [-0.25, -0.2) is 0 Å². The highest BCUT2D eigenvalue weighted by Crippen LogP contribution is 2.28. The Morgan fingerprint density at radius 1 is 0.829 bits per heavy atom. The van der Waals surface area contributed by atoms with Gasteiger partial charge in [0.05, 0.1) is 18.8 Å². The minimum absolute atomic E-state index is 0.217. The first-order valence-corrected chi connectivity index (χ1v) is 12.1. The zero-order valence-corrected chi connectivity index (χ0v) is 21.3. The number of carbonyl (C=O) groups excluding carboxylic acids is 2. The predicted molar refractivity (Wildman–Crippen MR) is 140 cm³/mol. The van der Waals surface area contributed by atoms with E-state index in [2.05, 4.69) is 5.32 Å². The third-order valence-corrected chi connectivity index (χ3v) is 5.82. The Morgan fingerprint density at radius 2 is 1.34 bits per heavy atom. The van der Waals surface area contributed by atoms with Crippen molar-refractivity contribution in [2.45, 2.75) is 65.0 Å². The molecule has 0 aliphatic heterocycles. The maximum atomic E-state index is 13.9. The van der Waals surface area contributed by atoms with Gasteiger partial charge < -0.3 is 15.0 Å². The van der Waals surface area contributed by atoms with Gasteiger partial charge in [0.25, 0.3) is 5.91 Å². The monoisotopic (exact) mass is 472 g/mol. The molecule has 0 saturated carbocycles. The van der Waals surface area contributed by atoms with E-state index < -0.39 is 17.7 Å². The zero-order valence-electron chi connectivity index (χ0n) is 21.3. The number of rotatable bonds is 9. The average Bonchev–Trinajstić information content (AvgIpc) is 2.85. The molecule has 3 atom stereocenters. The number of hydrogen-bond acceptors (Lipinski definition) is 3. The summed E-state index contributed by atoms with van der Waals surface area (Å²) in [6.45, 7) is 9.95. The lowest BCUT2D eigenvalue weighted by Gasteiger charge is -2.40. The number of ether oxygens (including phenoxy) is 1. The van der Waals surface area contributed by atoms with Crippen molar-refractivity contribution >= 4 is 11.8 Å². The first kappa shape index (κ1) is 26.2. The van der Waals surface area contributed by atoms with E-state index in [0.29, 0.717) is 12.2 Å². The Hall–Kier alpha value is -3.44. The number of benzene rings is 3. The van der Waals surface area contributed by atoms with Gasteiger partial charge in [-0.15, -0.1) is 0 Å². The number of carbonyl (C=O) groups is 2. The fourth-order valence-corrected chi connectivity index (χ4v) is 4.07. The van der Waals surface area contributed by atoms with Crippen molar-refractivity contribution in [3.63, 3.8) is 0 Å². The van der Waals surface area contributed by atoms with Crippen LogP contribution in [0.2, 0.25) is 0 Å². The third-order valence-electron chi connectivity index (χ3n) is 5.82. The molecule has 0 saturated heterocycles. The van der Waals surface area contributed by atoms with E-state index >= 15 is 0 Å².